The Hall–Kier alpha value is -1.85. The van der Waals surface area contributed by atoms with Gasteiger partial charge in [0.15, 0.2) is 5.65 Å². The van der Waals surface area contributed by atoms with Gasteiger partial charge in [-0.2, -0.15) is 15.1 Å². The molecule has 6 nitrogen and oxygen atoms in total. The Labute approximate surface area is 143 Å². The number of hydrogen-bond acceptors (Lipinski definition) is 5. The molecule has 0 radical (unpaired) electrons. The first-order valence-corrected chi connectivity index (χ1v) is 9.52. The summed E-state index contributed by atoms with van der Waals surface area (Å²) in [6, 6.07) is 1.03. The van der Waals surface area contributed by atoms with E-state index in [0.717, 1.165) is 22.8 Å². The maximum atomic E-state index is 4.82. The van der Waals surface area contributed by atoms with E-state index in [0.29, 0.717) is 12.1 Å². The summed E-state index contributed by atoms with van der Waals surface area (Å²) in [7, 11) is 1.95. The lowest BCUT2D eigenvalue weighted by Gasteiger charge is -2.25. The zero-order valence-electron chi connectivity index (χ0n) is 14.6. The molecule has 0 amide bonds. The summed E-state index contributed by atoms with van der Waals surface area (Å²) in [5, 5.41) is 12.6. The number of aryl methyl sites for hydroxylation is 1. The highest BCUT2D eigenvalue weighted by Crippen LogP contribution is 2.27. The molecule has 2 N–H and O–H groups in total. The molecule has 2 fully saturated rings. The van der Waals surface area contributed by atoms with Crippen molar-refractivity contribution in [2.75, 3.05) is 10.6 Å². The Bertz CT molecular complexity index is 682. The Kier molecular flexibility index (Phi) is 4.54. The van der Waals surface area contributed by atoms with Crippen LogP contribution < -0.4 is 10.6 Å². The first-order chi connectivity index (χ1) is 11.8. The minimum Gasteiger partial charge on any atom is -0.367 e. The molecule has 24 heavy (non-hydrogen) atoms. The highest BCUT2D eigenvalue weighted by atomic mass is 15.3. The summed E-state index contributed by atoms with van der Waals surface area (Å²) in [4.78, 5) is 9.54. The molecule has 0 saturated heterocycles. The van der Waals surface area contributed by atoms with Crippen molar-refractivity contribution in [2.45, 2.75) is 76.3 Å². The van der Waals surface area contributed by atoms with Gasteiger partial charge in [0.05, 0.1) is 11.6 Å². The van der Waals surface area contributed by atoms with E-state index in [1.165, 1.54) is 64.2 Å². The summed E-state index contributed by atoms with van der Waals surface area (Å²) in [6.45, 7) is 0. The lowest BCUT2D eigenvalue weighted by molar-refractivity contribution is 0.459. The van der Waals surface area contributed by atoms with E-state index in [4.69, 9.17) is 9.97 Å². The van der Waals surface area contributed by atoms with E-state index in [1.807, 2.05) is 17.9 Å². The van der Waals surface area contributed by atoms with Crippen LogP contribution in [0, 0.1) is 0 Å². The van der Waals surface area contributed by atoms with Gasteiger partial charge in [-0.25, -0.2) is 0 Å². The summed E-state index contributed by atoms with van der Waals surface area (Å²) >= 11 is 0. The van der Waals surface area contributed by atoms with Gasteiger partial charge in [0, 0.05) is 19.1 Å². The van der Waals surface area contributed by atoms with Crippen molar-refractivity contribution in [3.63, 3.8) is 0 Å². The summed E-state index contributed by atoms with van der Waals surface area (Å²) in [6.07, 6.45) is 14.7. The highest BCUT2D eigenvalue weighted by Gasteiger charge is 2.19. The van der Waals surface area contributed by atoms with Crippen molar-refractivity contribution in [1.29, 1.82) is 0 Å². The van der Waals surface area contributed by atoms with Crippen LogP contribution in [0.4, 0.5) is 11.8 Å². The quantitative estimate of drug-likeness (QED) is 0.892. The van der Waals surface area contributed by atoms with Gasteiger partial charge in [-0.3, -0.25) is 4.68 Å². The largest absolute Gasteiger partial charge is 0.367 e. The second-order valence-corrected chi connectivity index (χ2v) is 7.36. The Morgan fingerprint density at radius 1 is 0.875 bits per heavy atom. The van der Waals surface area contributed by atoms with E-state index in [9.17, 15) is 0 Å². The molecule has 2 saturated carbocycles. The number of anilines is 2. The maximum absolute atomic E-state index is 4.82. The minimum absolute atomic E-state index is 0.506. The van der Waals surface area contributed by atoms with Crippen molar-refractivity contribution < 1.29 is 0 Å². The van der Waals surface area contributed by atoms with E-state index >= 15 is 0 Å². The van der Waals surface area contributed by atoms with Crippen LogP contribution in [0.3, 0.4) is 0 Å². The topological polar surface area (TPSA) is 67.7 Å². The van der Waals surface area contributed by atoms with Crippen LogP contribution in [0.2, 0.25) is 0 Å². The van der Waals surface area contributed by atoms with E-state index < -0.39 is 0 Å². The zero-order valence-corrected chi connectivity index (χ0v) is 14.6. The van der Waals surface area contributed by atoms with Gasteiger partial charge in [-0.1, -0.05) is 38.5 Å². The highest BCUT2D eigenvalue weighted by molar-refractivity contribution is 5.87. The molecule has 0 bridgehead atoms. The lowest BCUT2D eigenvalue weighted by Crippen LogP contribution is -2.25. The van der Waals surface area contributed by atoms with Crippen molar-refractivity contribution in [2.24, 2.45) is 7.05 Å². The smallest absolute Gasteiger partial charge is 0.226 e. The Balaban J connectivity index is 1.60. The van der Waals surface area contributed by atoms with Gasteiger partial charge < -0.3 is 10.6 Å². The molecule has 0 unspecified atom stereocenters. The van der Waals surface area contributed by atoms with Gasteiger partial charge in [0.2, 0.25) is 5.95 Å². The minimum atomic E-state index is 0.506. The van der Waals surface area contributed by atoms with E-state index in [2.05, 4.69) is 15.7 Å². The number of nitrogens with zero attached hydrogens (tertiary/aromatic N) is 4. The van der Waals surface area contributed by atoms with Crippen molar-refractivity contribution in [3.8, 4) is 0 Å². The average Bonchev–Trinajstić information content (AvgIpc) is 2.98. The molecular formula is C18H28N6. The fourth-order valence-electron chi connectivity index (χ4n) is 4.07. The first-order valence-electron chi connectivity index (χ1n) is 9.52. The fourth-order valence-corrected chi connectivity index (χ4v) is 4.07. The Morgan fingerprint density at radius 2 is 1.50 bits per heavy atom. The summed E-state index contributed by atoms with van der Waals surface area (Å²) in [5.74, 6) is 1.69. The molecule has 2 aliphatic carbocycles. The maximum Gasteiger partial charge on any atom is 0.226 e. The molecule has 0 aliphatic heterocycles. The van der Waals surface area contributed by atoms with Gasteiger partial charge in [-0.15, -0.1) is 0 Å². The number of aromatic nitrogens is 4. The predicted octanol–water partition coefficient (Wildman–Crippen LogP) is 3.85. The summed E-state index contributed by atoms with van der Waals surface area (Å²) in [5.41, 5.74) is 0.904. The number of rotatable bonds is 4. The molecule has 130 valence electrons. The van der Waals surface area contributed by atoms with Crippen molar-refractivity contribution in [1.82, 2.24) is 19.7 Å². The average molecular weight is 328 g/mol. The second-order valence-electron chi connectivity index (χ2n) is 7.36. The first kappa shape index (κ1) is 15.7. The van der Waals surface area contributed by atoms with Crippen LogP contribution in [0.1, 0.15) is 64.2 Å². The molecule has 0 atom stereocenters. The van der Waals surface area contributed by atoms with Gasteiger partial charge in [0.25, 0.3) is 0 Å². The van der Waals surface area contributed by atoms with Crippen LogP contribution in [0.5, 0.6) is 0 Å². The molecule has 2 aliphatic rings. The second kappa shape index (κ2) is 6.95. The predicted molar refractivity (Wildman–Crippen MR) is 97.3 cm³/mol. The SMILES string of the molecule is Cn1ncc2c(NC3CCCCC3)nc(NC3CCCCC3)nc21. The molecule has 4 rings (SSSR count). The summed E-state index contributed by atoms with van der Waals surface area (Å²) < 4.78 is 1.84. The third-order valence-electron chi connectivity index (χ3n) is 5.48. The number of nitrogens with one attached hydrogen (secondary N) is 2. The molecule has 2 aromatic heterocycles. The monoisotopic (exact) mass is 328 g/mol. The lowest BCUT2D eigenvalue weighted by atomic mass is 9.95. The third kappa shape index (κ3) is 3.32. The standard InChI is InChI=1S/C18H28N6/c1-24-17-15(12-19-24)16(20-13-8-4-2-5-9-13)22-18(23-17)21-14-10-6-3-7-11-14/h12-14H,2-11H2,1H3,(H2,20,21,22,23). The molecule has 6 heteroatoms. The fraction of sp³-hybridized carbons (Fsp3) is 0.722. The molecule has 0 aromatic carbocycles. The van der Waals surface area contributed by atoms with Crippen LogP contribution in [-0.4, -0.2) is 31.8 Å². The zero-order chi connectivity index (χ0) is 16.4. The Morgan fingerprint density at radius 3 is 2.17 bits per heavy atom. The van der Waals surface area contributed by atoms with E-state index in [1.54, 1.807) is 0 Å². The van der Waals surface area contributed by atoms with Gasteiger partial charge in [-0.05, 0) is 25.7 Å². The van der Waals surface area contributed by atoms with Crippen LogP contribution in [-0.2, 0) is 7.05 Å². The van der Waals surface area contributed by atoms with Crippen LogP contribution >= 0.6 is 0 Å². The number of hydrogen-bond donors (Lipinski definition) is 2. The molecule has 0 spiro atoms. The van der Waals surface area contributed by atoms with Crippen molar-refractivity contribution >= 4 is 22.8 Å². The van der Waals surface area contributed by atoms with Gasteiger partial charge >= 0.3 is 0 Å². The van der Waals surface area contributed by atoms with Crippen LogP contribution in [0.25, 0.3) is 11.0 Å². The molecular weight excluding hydrogens is 300 g/mol. The third-order valence-corrected chi connectivity index (χ3v) is 5.48. The molecule has 2 heterocycles. The number of fused-ring (bicyclic) bond motifs is 1. The van der Waals surface area contributed by atoms with Gasteiger partial charge in [0.1, 0.15) is 5.82 Å². The molecule has 2 aromatic rings. The van der Waals surface area contributed by atoms with Crippen molar-refractivity contribution in [3.05, 3.63) is 6.20 Å². The van der Waals surface area contributed by atoms with Crippen LogP contribution in [0.15, 0.2) is 6.20 Å². The normalized spacial score (nSPS) is 20.4. The van der Waals surface area contributed by atoms with E-state index in [-0.39, 0.29) is 0 Å².